The molecule has 0 bridgehead atoms. The van der Waals surface area contributed by atoms with Crippen LogP contribution in [-0.4, -0.2) is 64.6 Å². The van der Waals surface area contributed by atoms with E-state index < -0.39 is 11.8 Å². The maximum absolute atomic E-state index is 14.4. The summed E-state index contributed by atoms with van der Waals surface area (Å²) < 4.78 is 32.3. The van der Waals surface area contributed by atoms with Gasteiger partial charge in [0.1, 0.15) is 5.82 Å². The molecule has 0 aliphatic carbocycles. The van der Waals surface area contributed by atoms with Crippen molar-refractivity contribution in [1.82, 2.24) is 14.5 Å². The molecule has 1 saturated heterocycles. The van der Waals surface area contributed by atoms with Crippen molar-refractivity contribution in [2.24, 2.45) is 0 Å². The minimum atomic E-state index is -1.01. The number of imidazole rings is 1. The first-order chi connectivity index (χ1) is 17.4. The fourth-order valence-electron chi connectivity index (χ4n) is 4.51. The first-order valence-corrected chi connectivity index (χ1v) is 11.7. The van der Waals surface area contributed by atoms with E-state index in [0.717, 1.165) is 6.42 Å². The molecular weight excluding hydrogens is 469 g/mol. The summed E-state index contributed by atoms with van der Waals surface area (Å²) >= 11 is 0. The molecule has 1 unspecified atom stereocenters. The summed E-state index contributed by atoms with van der Waals surface area (Å²) in [4.78, 5) is 31.0. The maximum Gasteiger partial charge on any atom is 0.335 e. The number of ether oxygens (including phenoxy) is 3. The van der Waals surface area contributed by atoms with E-state index in [-0.39, 0.29) is 36.7 Å². The van der Waals surface area contributed by atoms with Gasteiger partial charge in [-0.3, -0.25) is 4.79 Å². The van der Waals surface area contributed by atoms with Crippen molar-refractivity contribution in [3.63, 3.8) is 0 Å². The molecule has 0 spiro atoms. The minimum Gasteiger partial charge on any atom is -0.478 e. The average Bonchev–Trinajstić information content (AvgIpc) is 3.17. The summed E-state index contributed by atoms with van der Waals surface area (Å²) in [5.41, 5.74) is 2.74. The zero-order chi connectivity index (χ0) is 25.2. The summed E-state index contributed by atoms with van der Waals surface area (Å²) in [6, 6.07) is 9.42. The first kappa shape index (κ1) is 24.0. The van der Waals surface area contributed by atoms with Gasteiger partial charge in [-0.2, -0.15) is 0 Å². The van der Waals surface area contributed by atoms with Crippen molar-refractivity contribution in [3.05, 3.63) is 65.2 Å². The van der Waals surface area contributed by atoms with Crippen molar-refractivity contribution < 1.29 is 33.3 Å². The van der Waals surface area contributed by atoms with Gasteiger partial charge in [-0.15, -0.1) is 0 Å². The van der Waals surface area contributed by atoms with Crippen LogP contribution in [-0.2, 0) is 27.4 Å². The quantitative estimate of drug-likeness (QED) is 0.454. The van der Waals surface area contributed by atoms with Crippen molar-refractivity contribution in [3.8, 4) is 5.75 Å². The second-order valence-corrected chi connectivity index (χ2v) is 8.78. The lowest BCUT2D eigenvalue weighted by atomic mass is 9.98. The molecule has 1 atom stereocenters. The van der Waals surface area contributed by atoms with E-state index in [0.29, 0.717) is 54.1 Å². The number of carboxylic acid groups (broad SMARTS) is 1. The number of aromatic nitrogens is 2. The number of carbonyl (C=O) groups excluding carboxylic acids is 1. The van der Waals surface area contributed by atoms with Crippen LogP contribution in [0.15, 0.2) is 42.5 Å². The highest BCUT2D eigenvalue weighted by Gasteiger charge is 2.27. The molecule has 3 aromatic rings. The number of nitrogens with zero attached hydrogens (tertiary/aromatic N) is 3. The number of para-hydroxylation sites is 1. The Labute approximate surface area is 206 Å². The highest BCUT2D eigenvalue weighted by atomic mass is 19.1. The molecule has 2 aromatic carbocycles. The molecule has 5 rings (SSSR count). The minimum absolute atomic E-state index is 0.0247. The van der Waals surface area contributed by atoms with Crippen molar-refractivity contribution >= 4 is 28.5 Å². The van der Waals surface area contributed by atoms with Crippen LogP contribution in [0.1, 0.15) is 34.6 Å². The molecule has 36 heavy (non-hydrogen) atoms. The van der Waals surface area contributed by atoms with Gasteiger partial charge >= 0.3 is 5.97 Å². The van der Waals surface area contributed by atoms with E-state index in [9.17, 15) is 19.1 Å². The van der Waals surface area contributed by atoms with Gasteiger partial charge < -0.3 is 28.8 Å². The van der Waals surface area contributed by atoms with E-state index >= 15 is 0 Å². The normalized spacial score (nSPS) is 17.7. The van der Waals surface area contributed by atoms with Crippen LogP contribution in [0.5, 0.6) is 5.75 Å². The number of methoxy groups -OCH3 is 1. The predicted octanol–water partition coefficient (Wildman–Crippen LogP) is 3.46. The Balaban J connectivity index is 1.42. The van der Waals surface area contributed by atoms with Crippen LogP contribution in [0.4, 0.5) is 4.39 Å². The van der Waals surface area contributed by atoms with E-state index in [1.165, 1.54) is 25.3 Å². The number of aromatic carboxylic acids is 1. The van der Waals surface area contributed by atoms with Gasteiger partial charge in [0, 0.05) is 31.9 Å². The number of fused-ring (bicyclic) bond motifs is 1. The molecule has 1 amide bonds. The molecule has 1 fully saturated rings. The molecule has 9 nitrogen and oxygen atoms in total. The average molecular weight is 496 g/mol. The zero-order valence-electron chi connectivity index (χ0n) is 19.8. The molecule has 2 aliphatic heterocycles. The molecule has 10 heteroatoms. The van der Waals surface area contributed by atoms with E-state index in [1.54, 1.807) is 29.2 Å². The second kappa shape index (κ2) is 10.1. The Hall–Kier alpha value is -3.76. The summed E-state index contributed by atoms with van der Waals surface area (Å²) in [5.74, 6) is -1.04. The molecule has 1 aromatic heterocycles. The van der Waals surface area contributed by atoms with Gasteiger partial charge in [0.2, 0.25) is 5.91 Å². The molecule has 0 radical (unpaired) electrons. The molecule has 1 N–H and O–H groups in total. The first-order valence-electron chi connectivity index (χ1n) is 11.7. The Bertz CT molecular complexity index is 1350. The number of hydrogen-bond donors (Lipinski definition) is 1. The predicted molar refractivity (Wildman–Crippen MR) is 128 cm³/mol. The Kier molecular flexibility index (Phi) is 6.71. The summed E-state index contributed by atoms with van der Waals surface area (Å²) in [5, 5.41) is 9.43. The number of carbonyl (C=O) groups is 2. The maximum atomic E-state index is 14.4. The lowest BCUT2D eigenvalue weighted by Crippen LogP contribution is -2.36. The fraction of sp³-hybridized carbons (Fsp3) is 0.346. The topological polar surface area (TPSA) is 103 Å². The van der Waals surface area contributed by atoms with Gasteiger partial charge in [-0.05, 0) is 42.7 Å². The third kappa shape index (κ3) is 4.69. The summed E-state index contributed by atoms with van der Waals surface area (Å²) in [6.07, 6.45) is 2.95. The number of benzene rings is 2. The molecule has 0 saturated carbocycles. The smallest absolute Gasteiger partial charge is 0.335 e. The van der Waals surface area contributed by atoms with E-state index in [1.807, 2.05) is 4.57 Å². The summed E-state index contributed by atoms with van der Waals surface area (Å²) in [6.45, 7) is 1.78. The number of halogens is 1. The highest BCUT2D eigenvalue weighted by molar-refractivity contribution is 5.97. The van der Waals surface area contributed by atoms with Crippen molar-refractivity contribution in [1.29, 1.82) is 0 Å². The van der Waals surface area contributed by atoms with Crippen molar-refractivity contribution in [2.45, 2.75) is 32.0 Å². The van der Waals surface area contributed by atoms with E-state index in [4.69, 9.17) is 19.2 Å². The summed E-state index contributed by atoms with van der Waals surface area (Å²) in [7, 11) is 1.45. The molecule has 2 aliphatic rings. The van der Waals surface area contributed by atoms with Gasteiger partial charge in [0.25, 0.3) is 0 Å². The highest BCUT2D eigenvalue weighted by Crippen LogP contribution is 2.33. The van der Waals surface area contributed by atoms with Gasteiger partial charge in [-0.25, -0.2) is 14.2 Å². The molecular formula is C26H26FN3O6. The van der Waals surface area contributed by atoms with Crippen LogP contribution in [0.2, 0.25) is 0 Å². The van der Waals surface area contributed by atoms with Crippen LogP contribution >= 0.6 is 0 Å². The van der Waals surface area contributed by atoms with Crippen LogP contribution in [0.3, 0.4) is 0 Å². The number of hydrogen-bond acceptors (Lipinski definition) is 6. The second-order valence-electron chi connectivity index (χ2n) is 8.78. The van der Waals surface area contributed by atoms with Crippen LogP contribution in [0, 0.1) is 5.82 Å². The Morgan fingerprint density at radius 2 is 2.14 bits per heavy atom. The number of amides is 1. The Morgan fingerprint density at radius 1 is 1.31 bits per heavy atom. The SMILES string of the molecule is COCOc1c(F)cccc1C1=CC(=O)N(Cc2nc3ccc(C(=O)O)cc3n2CC2CCO2)CC1. The molecule has 188 valence electrons. The van der Waals surface area contributed by atoms with Crippen LogP contribution < -0.4 is 4.74 Å². The van der Waals surface area contributed by atoms with Crippen LogP contribution in [0.25, 0.3) is 16.6 Å². The largest absolute Gasteiger partial charge is 0.478 e. The van der Waals surface area contributed by atoms with Crippen molar-refractivity contribution in [2.75, 3.05) is 27.1 Å². The number of rotatable bonds is 9. The van der Waals surface area contributed by atoms with Gasteiger partial charge in [0.15, 0.2) is 18.4 Å². The lowest BCUT2D eigenvalue weighted by Gasteiger charge is -2.29. The lowest BCUT2D eigenvalue weighted by molar-refractivity contribution is -0.127. The third-order valence-corrected chi connectivity index (χ3v) is 6.48. The van der Waals surface area contributed by atoms with E-state index in [2.05, 4.69) is 0 Å². The standard InChI is InChI=1S/C26H26FN3O6/c1-34-15-36-25-19(3-2-4-20(25)27)16-7-9-29(24(31)12-16)14-23-28-21-6-5-17(26(32)33)11-22(21)30(23)13-18-8-10-35-18/h2-6,11-12,18H,7-10,13-15H2,1H3,(H,32,33). The third-order valence-electron chi connectivity index (χ3n) is 6.48. The van der Waals surface area contributed by atoms with Gasteiger partial charge in [0.05, 0.1) is 35.8 Å². The molecule has 3 heterocycles. The van der Waals surface area contributed by atoms with Gasteiger partial charge in [-0.1, -0.05) is 12.1 Å². The monoisotopic (exact) mass is 495 g/mol. The fourth-order valence-corrected chi connectivity index (χ4v) is 4.51. The number of carboxylic acids is 1. The Morgan fingerprint density at radius 3 is 2.83 bits per heavy atom. The zero-order valence-corrected chi connectivity index (χ0v) is 19.8.